The fraction of sp³-hybridized carbons (Fsp3) is 0.368. The molecule has 138 valence electrons. The van der Waals surface area contributed by atoms with Crippen molar-refractivity contribution in [2.24, 2.45) is 0 Å². The van der Waals surface area contributed by atoms with Crippen LogP contribution in [-0.2, 0) is 11.3 Å². The molecule has 7 nitrogen and oxygen atoms in total. The number of methoxy groups -OCH3 is 2. The third-order valence-corrected chi connectivity index (χ3v) is 4.24. The van der Waals surface area contributed by atoms with Crippen LogP contribution in [0.5, 0.6) is 11.5 Å². The zero-order valence-electron chi connectivity index (χ0n) is 15.0. The van der Waals surface area contributed by atoms with Crippen LogP contribution in [0.25, 0.3) is 0 Å². The highest BCUT2D eigenvalue weighted by molar-refractivity contribution is 5.97. The van der Waals surface area contributed by atoms with Crippen LogP contribution in [0.2, 0.25) is 0 Å². The summed E-state index contributed by atoms with van der Waals surface area (Å²) in [5.74, 6) is 1.65. The lowest BCUT2D eigenvalue weighted by molar-refractivity contribution is 0.0947. The minimum absolute atomic E-state index is 0.224. The first-order valence-electron chi connectivity index (χ1n) is 8.49. The maximum absolute atomic E-state index is 12.5. The Kier molecular flexibility index (Phi) is 5.91. The molecular weight excluding hydrogens is 334 g/mol. The van der Waals surface area contributed by atoms with Crippen LogP contribution in [0.15, 0.2) is 36.5 Å². The summed E-state index contributed by atoms with van der Waals surface area (Å²) in [6.07, 6.45) is 1.79. The summed E-state index contributed by atoms with van der Waals surface area (Å²) in [4.78, 5) is 19.2. The summed E-state index contributed by atoms with van der Waals surface area (Å²) in [6, 6.07) is 9.16. The number of nitrogens with one attached hydrogen (secondary N) is 1. The van der Waals surface area contributed by atoms with Gasteiger partial charge in [-0.1, -0.05) is 12.1 Å². The Bertz CT molecular complexity index is 743. The first-order chi connectivity index (χ1) is 12.7. The molecule has 1 amide bonds. The molecule has 1 aromatic heterocycles. The molecule has 0 spiro atoms. The van der Waals surface area contributed by atoms with Gasteiger partial charge in [0.1, 0.15) is 5.82 Å². The van der Waals surface area contributed by atoms with Crippen LogP contribution in [0, 0.1) is 0 Å². The lowest BCUT2D eigenvalue weighted by atomic mass is 10.1. The zero-order chi connectivity index (χ0) is 18.4. The predicted molar refractivity (Wildman–Crippen MR) is 98.0 cm³/mol. The van der Waals surface area contributed by atoms with Gasteiger partial charge in [0.2, 0.25) is 0 Å². The number of hydrogen-bond acceptors (Lipinski definition) is 6. The van der Waals surface area contributed by atoms with Crippen molar-refractivity contribution >= 4 is 11.7 Å². The van der Waals surface area contributed by atoms with Gasteiger partial charge in [-0.05, 0) is 23.8 Å². The number of amides is 1. The van der Waals surface area contributed by atoms with Crippen molar-refractivity contribution in [3.05, 3.63) is 47.7 Å². The molecule has 1 aromatic carbocycles. The monoisotopic (exact) mass is 357 g/mol. The number of anilines is 1. The van der Waals surface area contributed by atoms with Gasteiger partial charge in [0.15, 0.2) is 11.5 Å². The molecule has 2 heterocycles. The largest absolute Gasteiger partial charge is 0.493 e. The topological polar surface area (TPSA) is 72.9 Å². The van der Waals surface area contributed by atoms with E-state index in [2.05, 4.69) is 15.2 Å². The van der Waals surface area contributed by atoms with E-state index in [0.29, 0.717) is 23.6 Å². The fourth-order valence-electron chi connectivity index (χ4n) is 2.84. The third kappa shape index (κ3) is 4.05. The van der Waals surface area contributed by atoms with Crippen LogP contribution >= 0.6 is 0 Å². The maximum Gasteiger partial charge on any atom is 0.255 e. The number of para-hydroxylation sites is 1. The highest BCUT2D eigenvalue weighted by Gasteiger charge is 2.16. The number of morpholine rings is 1. The van der Waals surface area contributed by atoms with Gasteiger partial charge in [0, 0.05) is 25.8 Å². The molecule has 26 heavy (non-hydrogen) atoms. The average Bonchev–Trinajstić information content (AvgIpc) is 2.72. The number of pyridine rings is 1. The number of nitrogens with zero attached hydrogens (tertiary/aromatic N) is 2. The summed E-state index contributed by atoms with van der Waals surface area (Å²) in [6.45, 7) is 3.52. The van der Waals surface area contributed by atoms with Gasteiger partial charge in [0.25, 0.3) is 5.91 Å². The first kappa shape index (κ1) is 18.0. The van der Waals surface area contributed by atoms with E-state index >= 15 is 0 Å². The van der Waals surface area contributed by atoms with E-state index in [1.807, 2.05) is 12.1 Å². The van der Waals surface area contributed by atoms with Crippen molar-refractivity contribution < 1.29 is 19.0 Å². The third-order valence-electron chi connectivity index (χ3n) is 4.24. The lowest BCUT2D eigenvalue weighted by Crippen LogP contribution is -2.36. The van der Waals surface area contributed by atoms with E-state index < -0.39 is 0 Å². The fourth-order valence-corrected chi connectivity index (χ4v) is 2.84. The molecule has 2 aromatic rings. The standard InChI is InChI=1S/C19H23N3O4/c1-24-16-5-3-4-15(18(16)25-2)19(23)21-13-14-6-7-17(20-12-14)22-8-10-26-11-9-22/h3-7,12H,8-11,13H2,1-2H3,(H,21,23). The molecule has 0 radical (unpaired) electrons. The summed E-state index contributed by atoms with van der Waals surface area (Å²) in [5.41, 5.74) is 1.36. The van der Waals surface area contributed by atoms with Crippen molar-refractivity contribution in [2.75, 3.05) is 45.4 Å². The molecular formula is C19H23N3O4. The van der Waals surface area contributed by atoms with Crippen molar-refractivity contribution in [1.29, 1.82) is 0 Å². The van der Waals surface area contributed by atoms with Gasteiger partial charge in [-0.15, -0.1) is 0 Å². The Hall–Kier alpha value is -2.80. The second kappa shape index (κ2) is 8.53. The Morgan fingerprint density at radius 3 is 2.65 bits per heavy atom. The highest BCUT2D eigenvalue weighted by Crippen LogP contribution is 2.30. The van der Waals surface area contributed by atoms with Crippen molar-refractivity contribution in [3.8, 4) is 11.5 Å². The lowest BCUT2D eigenvalue weighted by Gasteiger charge is -2.27. The van der Waals surface area contributed by atoms with Crippen LogP contribution in [-0.4, -0.2) is 51.4 Å². The summed E-state index contributed by atoms with van der Waals surface area (Å²) < 4.78 is 15.9. The molecule has 3 rings (SSSR count). The summed E-state index contributed by atoms with van der Waals surface area (Å²) >= 11 is 0. The molecule has 0 bridgehead atoms. The average molecular weight is 357 g/mol. The van der Waals surface area contributed by atoms with Crippen molar-refractivity contribution in [3.63, 3.8) is 0 Å². The Morgan fingerprint density at radius 2 is 2.00 bits per heavy atom. The molecule has 1 saturated heterocycles. The van der Waals surface area contributed by atoms with Gasteiger partial charge in [-0.3, -0.25) is 4.79 Å². The van der Waals surface area contributed by atoms with Crippen LogP contribution in [0.3, 0.4) is 0 Å². The van der Waals surface area contributed by atoms with Crippen LogP contribution < -0.4 is 19.7 Å². The summed E-state index contributed by atoms with van der Waals surface area (Å²) in [7, 11) is 3.06. The van der Waals surface area contributed by atoms with E-state index in [1.54, 1.807) is 31.5 Å². The molecule has 0 atom stereocenters. The van der Waals surface area contributed by atoms with E-state index in [0.717, 1.165) is 37.7 Å². The van der Waals surface area contributed by atoms with Gasteiger partial charge < -0.3 is 24.4 Å². The SMILES string of the molecule is COc1cccc(C(=O)NCc2ccc(N3CCOCC3)nc2)c1OC. The summed E-state index contributed by atoms with van der Waals surface area (Å²) in [5, 5.41) is 2.89. The Labute approximate surface area is 152 Å². The molecule has 0 unspecified atom stereocenters. The number of carbonyl (C=O) groups is 1. The Balaban J connectivity index is 1.63. The number of rotatable bonds is 6. The number of benzene rings is 1. The van der Waals surface area contributed by atoms with Crippen molar-refractivity contribution in [1.82, 2.24) is 10.3 Å². The first-order valence-corrected chi connectivity index (χ1v) is 8.49. The molecule has 7 heteroatoms. The normalized spacial score (nSPS) is 14.0. The van der Waals surface area contributed by atoms with Gasteiger partial charge >= 0.3 is 0 Å². The van der Waals surface area contributed by atoms with Gasteiger partial charge in [0.05, 0.1) is 33.0 Å². The van der Waals surface area contributed by atoms with E-state index in [4.69, 9.17) is 14.2 Å². The van der Waals surface area contributed by atoms with E-state index in [1.165, 1.54) is 7.11 Å². The molecule has 0 saturated carbocycles. The zero-order valence-corrected chi connectivity index (χ0v) is 15.0. The van der Waals surface area contributed by atoms with Crippen LogP contribution in [0.1, 0.15) is 15.9 Å². The minimum Gasteiger partial charge on any atom is -0.493 e. The predicted octanol–water partition coefficient (Wildman–Crippen LogP) is 1.87. The minimum atomic E-state index is -0.224. The van der Waals surface area contributed by atoms with E-state index in [-0.39, 0.29) is 5.91 Å². The molecule has 1 aliphatic heterocycles. The smallest absolute Gasteiger partial charge is 0.255 e. The second-order valence-electron chi connectivity index (χ2n) is 5.85. The van der Waals surface area contributed by atoms with Gasteiger partial charge in [-0.25, -0.2) is 4.98 Å². The quantitative estimate of drug-likeness (QED) is 0.851. The van der Waals surface area contributed by atoms with Crippen LogP contribution in [0.4, 0.5) is 5.82 Å². The number of aromatic nitrogens is 1. The maximum atomic E-state index is 12.5. The molecule has 1 aliphatic rings. The van der Waals surface area contributed by atoms with Crippen molar-refractivity contribution in [2.45, 2.75) is 6.54 Å². The second-order valence-corrected chi connectivity index (χ2v) is 5.85. The Morgan fingerprint density at radius 1 is 1.19 bits per heavy atom. The number of hydrogen-bond donors (Lipinski definition) is 1. The highest BCUT2D eigenvalue weighted by atomic mass is 16.5. The molecule has 1 N–H and O–H groups in total. The number of ether oxygens (including phenoxy) is 3. The molecule has 0 aliphatic carbocycles. The number of carbonyl (C=O) groups excluding carboxylic acids is 1. The molecule has 1 fully saturated rings. The van der Waals surface area contributed by atoms with Gasteiger partial charge in [-0.2, -0.15) is 0 Å². The van der Waals surface area contributed by atoms with E-state index in [9.17, 15) is 4.79 Å².